The molecular formula is C19H16O6. The minimum Gasteiger partial charge on any atom is -0.493 e. The number of benzene rings is 3. The van der Waals surface area contributed by atoms with Crippen LogP contribution in [-0.4, -0.2) is 38.5 Å². The molecule has 0 saturated heterocycles. The quantitative estimate of drug-likeness (QED) is 0.736. The van der Waals surface area contributed by atoms with E-state index in [4.69, 9.17) is 18.9 Å². The van der Waals surface area contributed by atoms with Gasteiger partial charge in [0.1, 0.15) is 13.2 Å². The highest BCUT2D eigenvalue weighted by molar-refractivity contribution is 6.17. The average molecular weight is 340 g/mol. The van der Waals surface area contributed by atoms with Crippen LogP contribution in [0, 0.1) is 0 Å². The largest absolute Gasteiger partial charge is 0.493 e. The Kier molecular flexibility index (Phi) is 3.53. The maximum Gasteiger partial charge on any atom is 0.336 e. The van der Waals surface area contributed by atoms with Gasteiger partial charge in [-0.05, 0) is 46.5 Å². The van der Waals surface area contributed by atoms with Crippen LogP contribution in [0.2, 0.25) is 0 Å². The average Bonchev–Trinajstić information content (AvgIpc) is 2.64. The van der Waals surface area contributed by atoms with Crippen molar-refractivity contribution in [3.8, 4) is 23.0 Å². The molecule has 0 fully saturated rings. The molecule has 1 N–H and O–H groups in total. The fraction of sp³-hybridized carbons (Fsp3) is 0.211. The summed E-state index contributed by atoms with van der Waals surface area (Å²) in [6.45, 7) is 0.908. The molecule has 1 heterocycles. The Balaban J connectivity index is 2.14. The monoisotopic (exact) mass is 340 g/mol. The molecule has 128 valence electrons. The predicted molar refractivity (Wildman–Crippen MR) is 92.5 cm³/mol. The summed E-state index contributed by atoms with van der Waals surface area (Å²) in [4.78, 5) is 11.8. The second kappa shape index (κ2) is 5.73. The third kappa shape index (κ3) is 2.38. The first-order valence-electron chi connectivity index (χ1n) is 7.77. The number of carboxylic acids is 1. The molecule has 0 spiro atoms. The van der Waals surface area contributed by atoms with E-state index < -0.39 is 5.97 Å². The lowest BCUT2D eigenvalue weighted by Gasteiger charge is -2.20. The molecular weight excluding hydrogens is 324 g/mol. The van der Waals surface area contributed by atoms with Crippen LogP contribution in [0.5, 0.6) is 23.0 Å². The molecule has 4 rings (SSSR count). The Labute approximate surface area is 143 Å². The third-order valence-corrected chi connectivity index (χ3v) is 4.35. The van der Waals surface area contributed by atoms with Crippen molar-refractivity contribution < 1.29 is 28.8 Å². The van der Waals surface area contributed by atoms with Crippen LogP contribution in [0.25, 0.3) is 21.5 Å². The zero-order valence-electron chi connectivity index (χ0n) is 13.8. The summed E-state index contributed by atoms with van der Waals surface area (Å²) in [6, 6.07) is 8.81. The number of fused-ring (bicyclic) bond motifs is 4. The second-order valence-electron chi connectivity index (χ2n) is 5.70. The van der Waals surface area contributed by atoms with Gasteiger partial charge in [-0.1, -0.05) is 0 Å². The minimum atomic E-state index is -1.00. The summed E-state index contributed by atoms with van der Waals surface area (Å²) < 4.78 is 22.0. The fourth-order valence-corrected chi connectivity index (χ4v) is 3.19. The predicted octanol–water partition coefficient (Wildman–Crippen LogP) is 3.48. The van der Waals surface area contributed by atoms with Crippen molar-refractivity contribution >= 4 is 27.5 Å². The third-order valence-electron chi connectivity index (χ3n) is 4.35. The van der Waals surface area contributed by atoms with Crippen LogP contribution in [0.3, 0.4) is 0 Å². The van der Waals surface area contributed by atoms with Gasteiger partial charge in [-0.15, -0.1) is 0 Å². The van der Waals surface area contributed by atoms with Crippen LogP contribution in [0.15, 0.2) is 30.3 Å². The zero-order valence-corrected chi connectivity index (χ0v) is 13.8. The van der Waals surface area contributed by atoms with E-state index in [2.05, 4.69) is 0 Å². The number of ether oxygens (including phenoxy) is 4. The van der Waals surface area contributed by atoms with Gasteiger partial charge in [0.2, 0.25) is 0 Å². The summed E-state index contributed by atoms with van der Waals surface area (Å²) in [5, 5.41) is 12.6. The first kappa shape index (κ1) is 15.4. The standard InChI is InChI=1S/C19H16O6/c1-22-15-6-10-5-14(19(20)21)13-9-18-17(24-3-4-25-18)8-12(13)11(10)7-16(15)23-2/h5-9H,3-4H2,1-2H3,(H,20,21). The van der Waals surface area contributed by atoms with E-state index in [1.165, 1.54) is 0 Å². The molecule has 0 amide bonds. The van der Waals surface area contributed by atoms with Crippen molar-refractivity contribution in [1.29, 1.82) is 0 Å². The SMILES string of the molecule is COc1cc2cc(C(=O)O)c3cc4c(cc3c2cc1OC)OCCO4. The number of methoxy groups -OCH3 is 2. The van der Waals surface area contributed by atoms with E-state index in [9.17, 15) is 9.90 Å². The van der Waals surface area contributed by atoms with Crippen molar-refractivity contribution in [3.05, 3.63) is 35.9 Å². The van der Waals surface area contributed by atoms with E-state index in [1.54, 1.807) is 32.4 Å². The van der Waals surface area contributed by atoms with Crippen LogP contribution in [-0.2, 0) is 0 Å². The molecule has 0 atom stereocenters. The van der Waals surface area contributed by atoms with Crippen LogP contribution in [0.1, 0.15) is 10.4 Å². The van der Waals surface area contributed by atoms with E-state index >= 15 is 0 Å². The van der Waals surface area contributed by atoms with Crippen molar-refractivity contribution in [2.24, 2.45) is 0 Å². The highest BCUT2D eigenvalue weighted by Crippen LogP contribution is 2.42. The van der Waals surface area contributed by atoms with Gasteiger partial charge in [0.25, 0.3) is 0 Å². The van der Waals surface area contributed by atoms with Crippen molar-refractivity contribution in [1.82, 2.24) is 0 Å². The topological polar surface area (TPSA) is 74.2 Å². The van der Waals surface area contributed by atoms with Crippen LogP contribution in [0.4, 0.5) is 0 Å². The Bertz CT molecular complexity index is 1010. The molecule has 0 bridgehead atoms. The highest BCUT2D eigenvalue weighted by atomic mass is 16.6. The van der Waals surface area contributed by atoms with E-state index in [0.29, 0.717) is 41.6 Å². The molecule has 0 aliphatic carbocycles. The Morgan fingerprint density at radius 3 is 2.08 bits per heavy atom. The first-order valence-corrected chi connectivity index (χ1v) is 7.77. The molecule has 3 aromatic carbocycles. The van der Waals surface area contributed by atoms with Gasteiger partial charge in [0.15, 0.2) is 23.0 Å². The maximum atomic E-state index is 11.8. The molecule has 6 heteroatoms. The molecule has 0 radical (unpaired) electrons. The molecule has 0 saturated carbocycles. The number of carbonyl (C=O) groups is 1. The zero-order chi connectivity index (χ0) is 17.6. The number of hydrogen-bond acceptors (Lipinski definition) is 5. The Hall–Kier alpha value is -3.15. The van der Waals surface area contributed by atoms with Crippen LogP contribution < -0.4 is 18.9 Å². The van der Waals surface area contributed by atoms with Gasteiger partial charge >= 0.3 is 5.97 Å². The van der Waals surface area contributed by atoms with Crippen LogP contribution >= 0.6 is 0 Å². The van der Waals surface area contributed by atoms with Crippen molar-refractivity contribution in [2.75, 3.05) is 27.4 Å². The number of hydrogen-bond donors (Lipinski definition) is 1. The summed E-state index contributed by atoms with van der Waals surface area (Å²) in [7, 11) is 3.11. The van der Waals surface area contributed by atoms with E-state index in [0.717, 1.165) is 16.2 Å². The number of carboxylic acid groups (broad SMARTS) is 1. The fourth-order valence-electron chi connectivity index (χ4n) is 3.19. The lowest BCUT2D eigenvalue weighted by Crippen LogP contribution is -2.15. The van der Waals surface area contributed by atoms with Gasteiger partial charge in [0, 0.05) is 5.39 Å². The van der Waals surface area contributed by atoms with Crippen molar-refractivity contribution in [3.63, 3.8) is 0 Å². The summed E-state index contributed by atoms with van der Waals surface area (Å²) in [5.41, 5.74) is 0.201. The smallest absolute Gasteiger partial charge is 0.336 e. The Morgan fingerprint density at radius 1 is 0.880 bits per heavy atom. The molecule has 0 aromatic heterocycles. The molecule has 25 heavy (non-hydrogen) atoms. The lowest BCUT2D eigenvalue weighted by molar-refractivity contribution is 0.0699. The first-order chi connectivity index (χ1) is 12.1. The number of rotatable bonds is 3. The molecule has 1 aliphatic heterocycles. The van der Waals surface area contributed by atoms with E-state index in [1.807, 2.05) is 12.1 Å². The van der Waals surface area contributed by atoms with Gasteiger partial charge in [0.05, 0.1) is 19.8 Å². The number of aromatic carboxylic acids is 1. The van der Waals surface area contributed by atoms with Gasteiger partial charge < -0.3 is 24.1 Å². The van der Waals surface area contributed by atoms with Crippen molar-refractivity contribution in [2.45, 2.75) is 0 Å². The maximum absolute atomic E-state index is 11.8. The normalized spacial score (nSPS) is 13.0. The lowest BCUT2D eigenvalue weighted by atomic mass is 9.96. The molecule has 6 nitrogen and oxygen atoms in total. The summed E-state index contributed by atoms with van der Waals surface area (Å²) in [6.07, 6.45) is 0. The Morgan fingerprint density at radius 2 is 1.48 bits per heavy atom. The highest BCUT2D eigenvalue weighted by Gasteiger charge is 2.20. The van der Waals surface area contributed by atoms with Gasteiger partial charge in [-0.3, -0.25) is 0 Å². The molecule has 3 aromatic rings. The second-order valence-corrected chi connectivity index (χ2v) is 5.70. The minimum absolute atomic E-state index is 0.201. The van der Waals surface area contributed by atoms with Gasteiger partial charge in [-0.25, -0.2) is 4.79 Å². The molecule has 0 unspecified atom stereocenters. The molecule has 1 aliphatic rings. The van der Waals surface area contributed by atoms with Gasteiger partial charge in [-0.2, -0.15) is 0 Å². The summed E-state index contributed by atoms with van der Waals surface area (Å²) in [5.74, 6) is 1.29. The van der Waals surface area contributed by atoms with E-state index in [-0.39, 0.29) is 5.56 Å². The summed E-state index contributed by atoms with van der Waals surface area (Å²) >= 11 is 0.